The summed E-state index contributed by atoms with van der Waals surface area (Å²) in [5.41, 5.74) is 10.1. The van der Waals surface area contributed by atoms with Crippen molar-refractivity contribution in [2.45, 2.75) is 29.4 Å². The van der Waals surface area contributed by atoms with E-state index in [4.69, 9.17) is 10.8 Å². The number of aliphatic hydroxyl groups is 2. The molecule has 7 heteroatoms. The smallest absolute Gasteiger partial charge is 0.225 e. The highest BCUT2D eigenvalue weighted by Gasteiger charge is 2.09. The average Bonchev–Trinajstić information content (AvgIpc) is 2.94. The van der Waals surface area contributed by atoms with Crippen molar-refractivity contribution in [2.24, 2.45) is 0 Å². The van der Waals surface area contributed by atoms with Gasteiger partial charge in [-0.15, -0.1) is 0 Å². The van der Waals surface area contributed by atoms with Crippen LogP contribution in [0.1, 0.15) is 16.7 Å². The van der Waals surface area contributed by atoms with Gasteiger partial charge in [0.2, 0.25) is 5.95 Å². The second kappa shape index (κ2) is 13.4. The van der Waals surface area contributed by atoms with E-state index in [0.29, 0.717) is 18.3 Å². The van der Waals surface area contributed by atoms with E-state index in [-0.39, 0.29) is 13.2 Å². The number of nitrogens with one attached hydrogen (secondary N) is 1. The van der Waals surface area contributed by atoms with E-state index in [1.54, 1.807) is 11.8 Å². The zero-order valence-electron chi connectivity index (χ0n) is 20.4. The first kappa shape index (κ1) is 26.2. The molecule has 0 atom stereocenters. The Morgan fingerprint density at radius 3 is 2.05 bits per heavy atom. The summed E-state index contributed by atoms with van der Waals surface area (Å²) < 4.78 is 0. The monoisotopic (exact) mass is 510 g/mol. The molecule has 0 fully saturated rings. The largest absolute Gasteiger partial charge is 0.396 e. The third kappa shape index (κ3) is 7.30. The molecule has 5 aromatic rings. The molecule has 0 saturated heterocycles. The highest BCUT2D eigenvalue weighted by atomic mass is 32.2. The average molecular weight is 511 g/mol. The summed E-state index contributed by atoms with van der Waals surface area (Å²) in [6, 6.07) is 33.7. The van der Waals surface area contributed by atoms with E-state index >= 15 is 0 Å². The normalized spacial score (nSPS) is 10.5. The Kier molecular flexibility index (Phi) is 9.48. The maximum Gasteiger partial charge on any atom is 0.225 e. The Morgan fingerprint density at radius 2 is 1.32 bits per heavy atom. The van der Waals surface area contributed by atoms with Gasteiger partial charge in [-0.3, -0.25) is 0 Å². The Balaban J connectivity index is 0.000000301. The van der Waals surface area contributed by atoms with Crippen LogP contribution in [0.3, 0.4) is 0 Å². The summed E-state index contributed by atoms with van der Waals surface area (Å²) in [6.45, 7) is 0.833. The number of anilines is 2. The minimum Gasteiger partial charge on any atom is -0.396 e. The van der Waals surface area contributed by atoms with E-state index in [9.17, 15) is 5.11 Å². The van der Waals surface area contributed by atoms with Crippen molar-refractivity contribution in [1.82, 2.24) is 9.97 Å². The van der Waals surface area contributed by atoms with Crippen LogP contribution < -0.4 is 11.1 Å². The molecule has 5 rings (SSSR count). The summed E-state index contributed by atoms with van der Waals surface area (Å²) in [6.07, 6.45) is 0.765. The standard InChI is InChI=1S/C22H20N4OS.C8H10O/c23-21-17-9-3-4-10-18(17)25-22(26-21)24-13-15-7-1-5-11-19(15)28-20-12-6-2-8-16(20)14-27;9-7-6-8-4-2-1-3-5-8/h1-12,27H,13-14H2,(H3,23,24,25,26);1-5,9H,6-7H2. The second-order valence-corrected chi connectivity index (χ2v) is 9.32. The van der Waals surface area contributed by atoms with Gasteiger partial charge in [-0.25, -0.2) is 4.98 Å². The SMILES string of the molecule is Nc1nc(NCc2ccccc2Sc2ccccc2CO)nc2ccccc12.OCCc1ccccc1. The van der Waals surface area contributed by atoms with E-state index in [1.165, 1.54) is 5.56 Å². The lowest BCUT2D eigenvalue weighted by Gasteiger charge is -2.13. The summed E-state index contributed by atoms with van der Waals surface area (Å²) in [7, 11) is 0. The molecule has 1 aromatic heterocycles. The summed E-state index contributed by atoms with van der Waals surface area (Å²) in [5.74, 6) is 0.972. The Bertz CT molecular complexity index is 1430. The molecule has 188 valence electrons. The van der Waals surface area contributed by atoms with Crippen LogP contribution >= 0.6 is 11.8 Å². The topological polar surface area (TPSA) is 104 Å². The van der Waals surface area contributed by atoms with Gasteiger partial charge in [-0.1, -0.05) is 90.6 Å². The third-order valence-electron chi connectivity index (χ3n) is 5.65. The minimum atomic E-state index is 0.0216. The first-order chi connectivity index (χ1) is 18.2. The number of nitrogens with two attached hydrogens (primary N) is 1. The molecule has 0 saturated carbocycles. The van der Waals surface area contributed by atoms with Crippen LogP contribution in [0.25, 0.3) is 10.9 Å². The highest BCUT2D eigenvalue weighted by Crippen LogP contribution is 2.33. The van der Waals surface area contributed by atoms with Crippen molar-refractivity contribution in [2.75, 3.05) is 17.7 Å². The molecule has 0 aliphatic rings. The third-order valence-corrected chi connectivity index (χ3v) is 6.88. The van der Waals surface area contributed by atoms with Gasteiger partial charge >= 0.3 is 0 Å². The van der Waals surface area contributed by atoms with Gasteiger partial charge in [0.25, 0.3) is 0 Å². The van der Waals surface area contributed by atoms with E-state index in [1.807, 2.05) is 91.0 Å². The molecule has 0 aliphatic carbocycles. The van der Waals surface area contributed by atoms with Crippen LogP contribution in [0.5, 0.6) is 0 Å². The number of aromatic nitrogens is 2. The van der Waals surface area contributed by atoms with Gasteiger partial charge < -0.3 is 21.3 Å². The van der Waals surface area contributed by atoms with Crippen LogP contribution in [-0.4, -0.2) is 26.8 Å². The van der Waals surface area contributed by atoms with Crippen LogP contribution in [0.4, 0.5) is 11.8 Å². The molecule has 0 amide bonds. The van der Waals surface area contributed by atoms with Crippen molar-refractivity contribution in [3.8, 4) is 0 Å². The van der Waals surface area contributed by atoms with E-state index in [0.717, 1.165) is 38.2 Å². The fourth-order valence-electron chi connectivity index (χ4n) is 3.73. The maximum atomic E-state index is 9.58. The van der Waals surface area contributed by atoms with Crippen LogP contribution in [0.15, 0.2) is 113 Å². The quantitative estimate of drug-likeness (QED) is 0.213. The number of para-hydroxylation sites is 1. The molecule has 0 spiro atoms. The lowest BCUT2D eigenvalue weighted by molar-refractivity contribution is 0.279. The second-order valence-electron chi connectivity index (χ2n) is 8.24. The Hall–Kier alpha value is -3.91. The van der Waals surface area contributed by atoms with Gasteiger partial charge in [0.15, 0.2) is 0 Å². The van der Waals surface area contributed by atoms with E-state index in [2.05, 4.69) is 27.4 Å². The first-order valence-electron chi connectivity index (χ1n) is 12.0. The molecule has 0 bridgehead atoms. The number of rotatable bonds is 8. The molecule has 6 nitrogen and oxygen atoms in total. The fraction of sp³-hybridized carbons (Fsp3) is 0.133. The summed E-state index contributed by atoms with van der Waals surface area (Å²) in [4.78, 5) is 11.1. The fourth-order valence-corrected chi connectivity index (χ4v) is 4.80. The van der Waals surface area contributed by atoms with Crippen molar-refractivity contribution in [3.05, 3.63) is 120 Å². The lowest BCUT2D eigenvalue weighted by Crippen LogP contribution is -2.06. The number of benzene rings is 4. The molecule has 1 heterocycles. The Morgan fingerprint density at radius 1 is 0.703 bits per heavy atom. The number of hydrogen-bond acceptors (Lipinski definition) is 7. The zero-order chi connectivity index (χ0) is 25.9. The zero-order valence-corrected chi connectivity index (χ0v) is 21.2. The number of aliphatic hydroxyl groups excluding tert-OH is 2. The van der Waals surface area contributed by atoms with Crippen LogP contribution in [-0.2, 0) is 19.6 Å². The molecule has 0 unspecified atom stereocenters. The number of fused-ring (bicyclic) bond motifs is 1. The molecular weight excluding hydrogens is 480 g/mol. The van der Waals surface area contributed by atoms with Gasteiger partial charge in [0.05, 0.1) is 12.1 Å². The Labute approximate surface area is 221 Å². The van der Waals surface area contributed by atoms with Gasteiger partial charge in [0.1, 0.15) is 5.82 Å². The van der Waals surface area contributed by atoms with Gasteiger partial charge in [-0.2, -0.15) is 4.98 Å². The van der Waals surface area contributed by atoms with Gasteiger partial charge in [-0.05, 0) is 47.4 Å². The lowest BCUT2D eigenvalue weighted by atomic mass is 10.2. The minimum absolute atomic E-state index is 0.0216. The molecule has 37 heavy (non-hydrogen) atoms. The number of nitrogen functional groups attached to an aromatic ring is 1. The molecule has 0 aliphatic heterocycles. The first-order valence-corrected chi connectivity index (χ1v) is 12.8. The van der Waals surface area contributed by atoms with Gasteiger partial charge in [0, 0.05) is 28.3 Å². The van der Waals surface area contributed by atoms with Crippen molar-refractivity contribution >= 4 is 34.4 Å². The predicted octanol–water partition coefficient (Wildman–Crippen LogP) is 5.69. The van der Waals surface area contributed by atoms with Crippen LogP contribution in [0, 0.1) is 0 Å². The van der Waals surface area contributed by atoms with Crippen LogP contribution in [0.2, 0.25) is 0 Å². The number of hydrogen-bond donors (Lipinski definition) is 4. The van der Waals surface area contributed by atoms with E-state index < -0.39 is 0 Å². The molecular formula is C30H30N4O2S. The summed E-state index contributed by atoms with van der Waals surface area (Å²) >= 11 is 1.64. The predicted molar refractivity (Wildman–Crippen MR) is 151 cm³/mol. The highest BCUT2D eigenvalue weighted by molar-refractivity contribution is 7.99. The van der Waals surface area contributed by atoms with Crippen molar-refractivity contribution < 1.29 is 10.2 Å². The summed E-state index contributed by atoms with van der Waals surface area (Å²) in [5, 5.41) is 22.2. The van der Waals surface area contributed by atoms with Crippen molar-refractivity contribution in [1.29, 1.82) is 0 Å². The molecule has 4 aromatic carbocycles. The van der Waals surface area contributed by atoms with Crippen molar-refractivity contribution in [3.63, 3.8) is 0 Å². The molecule has 0 radical (unpaired) electrons. The number of nitrogens with zero attached hydrogens (tertiary/aromatic N) is 2. The molecule has 5 N–H and O–H groups in total. The maximum absolute atomic E-state index is 9.58.